The molecule has 0 radical (unpaired) electrons. The van der Waals surface area contributed by atoms with Gasteiger partial charge in [0, 0.05) is 17.6 Å². The molecule has 21 heavy (non-hydrogen) atoms. The number of carboxylic acid groups (broad SMARTS) is 2. The number of piperidine rings is 1. The lowest BCUT2D eigenvalue weighted by atomic mass is 10.1. The summed E-state index contributed by atoms with van der Waals surface area (Å²) in [5.41, 5.74) is 0.567. The molecule has 1 unspecified atom stereocenters. The van der Waals surface area contributed by atoms with Gasteiger partial charge in [0.2, 0.25) is 0 Å². The van der Waals surface area contributed by atoms with Crippen molar-refractivity contribution in [1.82, 2.24) is 4.90 Å². The van der Waals surface area contributed by atoms with Crippen LogP contribution >= 0.6 is 15.9 Å². The van der Waals surface area contributed by atoms with Gasteiger partial charge in [0.05, 0.1) is 6.10 Å². The zero-order valence-corrected chi connectivity index (χ0v) is 12.8. The summed E-state index contributed by atoms with van der Waals surface area (Å²) in [6.45, 7) is 0.732. The highest BCUT2D eigenvalue weighted by Crippen LogP contribution is 2.26. The molecule has 0 saturated carbocycles. The zero-order chi connectivity index (χ0) is 15.4. The van der Waals surface area contributed by atoms with Gasteiger partial charge in [0.25, 0.3) is 0 Å². The highest BCUT2D eigenvalue weighted by molar-refractivity contribution is 9.10. The third-order valence-electron chi connectivity index (χ3n) is 3.42. The van der Waals surface area contributed by atoms with Crippen molar-refractivity contribution < 1.29 is 24.5 Å². The number of carboxylic acids is 1. The molecular formula is C14H16BrNO5. The number of halogens is 1. The second kappa shape index (κ2) is 6.91. The molecule has 1 heterocycles. The van der Waals surface area contributed by atoms with Crippen LogP contribution in [0.1, 0.15) is 24.5 Å². The van der Waals surface area contributed by atoms with E-state index in [1.54, 1.807) is 18.2 Å². The minimum Gasteiger partial charge on any atom is -0.479 e. The van der Waals surface area contributed by atoms with E-state index in [2.05, 4.69) is 15.9 Å². The molecule has 2 rings (SSSR count). The Morgan fingerprint density at radius 3 is 2.48 bits per heavy atom. The summed E-state index contributed by atoms with van der Waals surface area (Å²) >= 11 is 3.31. The lowest BCUT2D eigenvalue weighted by Crippen LogP contribution is -2.40. The van der Waals surface area contributed by atoms with Crippen molar-refractivity contribution in [2.75, 3.05) is 13.1 Å². The van der Waals surface area contributed by atoms with Crippen LogP contribution in [-0.4, -0.2) is 46.4 Å². The SMILES string of the molecule is O=C(O)C(OC1CCN(C(=O)O)CC1)c1cccc(Br)c1. The van der Waals surface area contributed by atoms with Crippen molar-refractivity contribution in [3.05, 3.63) is 34.3 Å². The number of amides is 1. The molecule has 1 saturated heterocycles. The van der Waals surface area contributed by atoms with Crippen LogP contribution < -0.4 is 0 Å². The van der Waals surface area contributed by atoms with Crippen LogP contribution in [0.15, 0.2) is 28.7 Å². The van der Waals surface area contributed by atoms with Crippen LogP contribution in [-0.2, 0) is 9.53 Å². The molecule has 1 aliphatic rings. The number of aliphatic carboxylic acids is 1. The van der Waals surface area contributed by atoms with Gasteiger partial charge in [0.1, 0.15) is 0 Å². The number of ether oxygens (including phenoxy) is 1. The minimum atomic E-state index is -1.05. The number of hydrogen-bond acceptors (Lipinski definition) is 3. The third kappa shape index (κ3) is 4.18. The predicted octanol–water partition coefficient (Wildman–Crippen LogP) is 2.73. The van der Waals surface area contributed by atoms with Gasteiger partial charge in [-0.3, -0.25) is 0 Å². The Morgan fingerprint density at radius 1 is 1.29 bits per heavy atom. The molecule has 0 aliphatic carbocycles. The molecule has 0 spiro atoms. The first-order chi connectivity index (χ1) is 9.97. The fourth-order valence-corrected chi connectivity index (χ4v) is 2.74. The van der Waals surface area contributed by atoms with E-state index in [1.165, 1.54) is 4.90 Å². The van der Waals surface area contributed by atoms with Gasteiger partial charge < -0.3 is 19.8 Å². The van der Waals surface area contributed by atoms with E-state index >= 15 is 0 Å². The van der Waals surface area contributed by atoms with E-state index in [-0.39, 0.29) is 6.10 Å². The summed E-state index contributed by atoms with van der Waals surface area (Å²) in [6, 6.07) is 6.99. The van der Waals surface area contributed by atoms with E-state index in [0.717, 1.165) is 4.47 Å². The van der Waals surface area contributed by atoms with E-state index in [0.29, 0.717) is 31.5 Å². The highest BCUT2D eigenvalue weighted by Gasteiger charge is 2.29. The van der Waals surface area contributed by atoms with Gasteiger partial charge in [-0.15, -0.1) is 0 Å². The molecule has 1 fully saturated rings. The Kier molecular flexibility index (Phi) is 5.19. The molecule has 1 aliphatic heterocycles. The molecule has 0 aromatic heterocycles. The molecular weight excluding hydrogens is 342 g/mol. The molecule has 1 atom stereocenters. The number of carbonyl (C=O) groups is 2. The average molecular weight is 358 g/mol. The van der Waals surface area contributed by atoms with E-state index in [1.807, 2.05) is 6.07 Å². The molecule has 6 nitrogen and oxygen atoms in total. The van der Waals surface area contributed by atoms with Crippen LogP contribution in [0.5, 0.6) is 0 Å². The maximum atomic E-state index is 11.4. The van der Waals surface area contributed by atoms with Crippen molar-refractivity contribution in [1.29, 1.82) is 0 Å². The number of nitrogens with zero attached hydrogens (tertiary/aromatic N) is 1. The molecule has 114 valence electrons. The summed E-state index contributed by atoms with van der Waals surface area (Å²) in [5.74, 6) is -1.05. The largest absolute Gasteiger partial charge is 0.479 e. The van der Waals surface area contributed by atoms with Crippen LogP contribution in [0.2, 0.25) is 0 Å². The summed E-state index contributed by atoms with van der Waals surface area (Å²) in [7, 11) is 0. The quantitative estimate of drug-likeness (QED) is 0.864. The number of likely N-dealkylation sites (tertiary alicyclic amines) is 1. The van der Waals surface area contributed by atoms with E-state index in [9.17, 15) is 14.7 Å². The second-order valence-corrected chi connectivity index (χ2v) is 5.79. The van der Waals surface area contributed by atoms with E-state index < -0.39 is 18.2 Å². The van der Waals surface area contributed by atoms with Gasteiger partial charge in [-0.1, -0.05) is 28.1 Å². The maximum Gasteiger partial charge on any atom is 0.407 e. The van der Waals surface area contributed by atoms with Gasteiger partial charge in [0.15, 0.2) is 6.10 Å². The van der Waals surface area contributed by atoms with Crippen molar-refractivity contribution in [3.63, 3.8) is 0 Å². The molecule has 1 aromatic carbocycles. The molecule has 1 aromatic rings. The first kappa shape index (κ1) is 15.8. The smallest absolute Gasteiger partial charge is 0.407 e. The highest BCUT2D eigenvalue weighted by atomic mass is 79.9. The van der Waals surface area contributed by atoms with Crippen LogP contribution in [0.3, 0.4) is 0 Å². The lowest BCUT2D eigenvalue weighted by molar-refractivity contribution is -0.156. The monoisotopic (exact) mass is 357 g/mol. The van der Waals surface area contributed by atoms with E-state index in [4.69, 9.17) is 9.84 Å². The van der Waals surface area contributed by atoms with Gasteiger partial charge in [-0.05, 0) is 30.5 Å². The minimum absolute atomic E-state index is 0.249. The van der Waals surface area contributed by atoms with Gasteiger partial charge in [-0.2, -0.15) is 0 Å². The Bertz CT molecular complexity index is 528. The molecule has 0 bridgehead atoms. The maximum absolute atomic E-state index is 11.4. The topological polar surface area (TPSA) is 87.1 Å². The number of rotatable bonds is 4. The Morgan fingerprint density at radius 2 is 1.95 bits per heavy atom. The molecule has 1 amide bonds. The Labute approximate surface area is 130 Å². The normalized spacial score (nSPS) is 17.5. The number of hydrogen-bond donors (Lipinski definition) is 2. The van der Waals surface area contributed by atoms with Gasteiger partial charge >= 0.3 is 12.1 Å². The molecule has 7 heteroatoms. The van der Waals surface area contributed by atoms with Crippen molar-refractivity contribution in [2.45, 2.75) is 25.0 Å². The van der Waals surface area contributed by atoms with Crippen LogP contribution in [0, 0.1) is 0 Å². The number of benzene rings is 1. The van der Waals surface area contributed by atoms with Crippen molar-refractivity contribution in [2.24, 2.45) is 0 Å². The fourth-order valence-electron chi connectivity index (χ4n) is 2.32. The summed E-state index contributed by atoms with van der Waals surface area (Å²) in [5, 5.41) is 18.2. The molecule has 2 N–H and O–H groups in total. The lowest BCUT2D eigenvalue weighted by Gasteiger charge is -2.31. The second-order valence-electron chi connectivity index (χ2n) is 4.88. The van der Waals surface area contributed by atoms with Crippen LogP contribution in [0.4, 0.5) is 4.79 Å². The summed E-state index contributed by atoms with van der Waals surface area (Å²) in [6.07, 6.45) is -1.23. The average Bonchev–Trinajstić information content (AvgIpc) is 2.45. The predicted molar refractivity (Wildman–Crippen MR) is 78.2 cm³/mol. The van der Waals surface area contributed by atoms with Crippen molar-refractivity contribution >= 4 is 28.0 Å². The third-order valence-corrected chi connectivity index (χ3v) is 3.91. The zero-order valence-electron chi connectivity index (χ0n) is 11.2. The standard InChI is InChI=1S/C14H16BrNO5/c15-10-3-1-2-9(8-10)12(13(17)18)21-11-4-6-16(7-5-11)14(19)20/h1-3,8,11-12H,4-7H2,(H,17,18)(H,19,20). The first-order valence-corrected chi connectivity index (χ1v) is 7.38. The van der Waals surface area contributed by atoms with Crippen LogP contribution in [0.25, 0.3) is 0 Å². The summed E-state index contributed by atoms with van der Waals surface area (Å²) < 4.78 is 6.47. The summed E-state index contributed by atoms with van der Waals surface area (Å²) in [4.78, 5) is 23.6. The fraction of sp³-hybridized carbons (Fsp3) is 0.429. The Hall–Kier alpha value is -1.60. The first-order valence-electron chi connectivity index (χ1n) is 6.59. The van der Waals surface area contributed by atoms with Gasteiger partial charge in [-0.25, -0.2) is 9.59 Å². The van der Waals surface area contributed by atoms with Crippen molar-refractivity contribution in [3.8, 4) is 0 Å². The Balaban J connectivity index is 2.02.